The molecule has 2 amide bonds. The highest BCUT2D eigenvalue weighted by molar-refractivity contribution is 7.07. The van der Waals surface area contributed by atoms with Crippen molar-refractivity contribution >= 4 is 46.5 Å². The van der Waals surface area contributed by atoms with Crippen molar-refractivity contribution in [2.24, 2.45) is 0 Å². The first kappa shape index (κ1) is 23.1. The van der Waals surface area contributed by atoms with E-state index in [1.54, 1.807) is 49.2 Å². The van der Waals surface area contributed by atoms with Crippen molar-refractivity contribution in [2.45, 2.75) is 33.2 Å². The maximum atomic E-state index is 12.7. The Kier molecular flexibility index (Phi) is 7.68. The number of likely N-dealkylation sites (tertiary alicyclic amines) is 1. The zero-order chi connectivity index (χ0) is 23.1. The van der Waals surface area contributed by atoms with Crippen molar-refractivity contribution in [1.82, 2.24) is 9.47 Å². The van der Waals surface area contributed by atoms with Crippen LogP contribution < -0.4 is 25.4 Å². The van der Waals surface area contributed by atoms with Gasteiger partial charge in [0.25, 0.3) is 5.56 Å². The summed E-state index contributed by atoms with van der Waals surface area (Å²) in [4.78, 5) is 38.8. The fraction of sp³-hybridized carbons (Fsp3) is 0.364. The first-order chi connectivity index (χ1) is 15.5. The average Bonchev–Trinajstić information content (AvgIpc) is 3.43. The Bertz CT molecular complexity index is 1200. The van der Waals surface area contributed by atoms with E-state index in [0.29, 0.717) is 16.8 Å². The molecule has 0 saturated carbocycles. The van der Waals surface area contributed by atoms with Crippen LogP contribution in [0, 0.1) is 11.3 Å². The standard InChI is InChI=1S/C22H25N5O4S/c1-3-27-19(28)18(32-20(27)17(13-23)21(29)31-4-2)14-24-15-7-9-16(10-8-15)25-22(30)26-11-5-6-12-26/h7-10,14,24H,3-6,11-12H2,1-2H3,(H,25,30)/b18-14+,20-17+. The number of esters is 1. The summed E-state index contributed by atoms with van der Waals surface area (Å²) in [5, 5.41) is 15.3. The number of anilines is 2. The molecule has 1 aliphatic heterocycles. The van der Waals surface area contributed by atoms with Gasteiger partial charge in [0, 0.05) is 37.2 Å². The van der Waals surface area contributed by atoms with Gasteiger partial charge in [-0.1, -0.05) is 0 Å². The van der Waals surface area contributed by atoms with E-state index in [1.807, 2.05) is 6.07 Å². The van der Waals surface area contributed by atoms with Crippen LogP contribution in [-0.4, -0.2) is 41.2 Å². The predicted octanol–water partition coefficient (Wildman–Crippen LogP) is 1.64. The van der Waals surface area contributed by atoms with E-state index in [-0.39, 0.29) is 28.4 Å². The number of thiazole rings is 1. The summed E-state index contributed by atoms with van der Waals surface area (Å²) in [6.07, 6.45) is 3.61. The molecular weight excluding hydrogens is 430 g/mol. The number of benzene rings is 1. The molecule has 2 aromatic rings. The van der Waals surface area contributed by atoms with Gasteiger partial charge in [0.05, 0.1) is 6.61 Å². The van der Waals surface area contributed by atoms with Crippen LogP contribution in [0.2, 0.25) is 0 Å². The summed E-state index contributed by atoms with van der Waals surface area (Å²) >= 11 is 1.05. The molecule has 3 rings (SSSR count). The highest BCUT2D eigenvalue weighted by Gasteiger charge is 2.18. The summed E-state index contributed by atoms with van der Waals surface area (Å²) in [5.74, 6) is -0.746. The summed E-state index contributed by atoms with van der Waals surface area (Å²) in [7, 11) is 0. The van der Waals surface area contributed by atoms with Crippen molar-refractivity contribution < 1.29 is 14.3 Å². The molecule has 32 heavy (non-hydrogen) atoms. The number of urea groups is 1. The first-order valence-corrected chi connectivity index (χ1v) is 11.2. The van der Waals surface area contributed by atoms with Crippen LogP contribution >= 0.6 is 11.3 Å². The van der Waals surface area contributed by atoms with Crippen molar-refractivity contribution in [3.63, 3.8) is 0 Å². The Morgan fingerprint density at radius 3 is 2.44 bits per heavy atom. The molecule has 168 valence electrons. The van der Waals surface area contributed by atoms with E-state index < -0.39 is 5.97 Å². The van der Waals surface area contributed by atoms with E-state index in [0.717, 1.165) is 43.0 Å². The molecule has 0 bridgehead atoms. The minimum atomic E-state index is -0.746. The van der Waals surface area contributed by atoms with Crippen LogP contribution in [0.3, 0.4) is 0 Å². The molecule has 0 spiro atoms. The van der Waals surface area contributed by atoms with Gasteiger partial charge < -0.3 is 20.3 Å². The molecule has 1 fully saturated rings. The Balaban J connectivity index is 1.81. The third-order valence-corrected chi connectivity index (χ3v) is 6.06. The lowest BCUT2D eigenvalue weighted by Gasteiger charge is -2.16. The number of nitrogens with one attached hydrogen (secondary N) is 2. The predicted molar refractivity (Wildman–Crippen MR) is 124 cm³/mol. The number of hydrogen-bond donors (Lipinski definition) is 2. The van der Waals surface area contributed by atoms with E-state index in [1.165, 1.54) is 4.57 Å². The third kappa shape index (κ3) is 5.18. The lowest BCUT2D eigenvalue weighted by molar-refractivity contribution is -0.136. The first-order valence-electron chi connectivity index (χ1n) is 10.4. The molecule has 2 N–H and O–H groups in total. The summed E-state index contributed by atoms with van der Waals surface area (Å²) < 4.78 is 6.93. The molecule has 0 atom stereocenters. The second-order valence-corrected chi connectivity index (χ2v) is 8.05. The third-order valence-electron chi connectivity index (χ3n) is 4.93. The van der Waals surface area contributed by atoms with Gasteiger partial charge in [-0.25, -0.2) is 9.59 Å². The molecule has 2 heterocycles. The van der Waals surface area contributed by atoms with Gasteiger partial charge in [0.15, 0.2) is 5.57 Å². The second kappa shape index (κ2) is 10.6. The fourth-order valence-electron chi connectivity index (χ4n) is 3.30. The summed E-state index contributed by atoms with van der Waals surface area (Å²) in [6, 6.07) is 8.87. The van der Waals surface area contributed by atoms with E-state index in [4.69, 9.17) is 4.74 Å². The zero-order valence-electron chi connectivity index (χ0n) is 18.0. The normalized spacial score (nSPS) is 14.7. The number of nitrogens with zero attached hydrogens (tertiary/aromatic N) is 3. The smallest absolute Gasteiger partial charge is 0.351 e. The molecule has 1 aliphatic rings. The highest BCUT2D eigenvalue weighted by atomic mass is 32.1. The van der Waals surface area contributed by atoms with Crippen LogP contribution in [0.4, 0.5) is 16.2 Å². The van der Waals surface area contributed by atoms with Crippen LogP contribution in [0.5, 0.6) is 0 Å². The van der Waals surface area contributed by atoms with Crippen molar-refractivity contribution in [3.8, 4) is 6.07 Å². The maximum absolute atomic E-state index is 12.7. The van der Waals surface area contributed by atoms with Gasteiger partial charge in [0.1, 0.15) is 15.3 Å². The van der Waals surface area contributed by atoms with Gasteiger partial charge in [-0.05, 0) is 51.0 Å². The molecule has 0 unspecified atom stereocenters. The average molecular weight is 456 g/mol. The minimum absolute atomic E-state index is 0.104. The molecular formula is C22H25N5O4S. The fourth-order valence-corrected chi connectivity index (χ4v) is 4.37. The number of aromatic nitrogens is 1. The number of hydrogen-bond acceptors (Lipinski definition) is 7. The van der Waals surface area contributed by atoms with Gasteiger partial charge in [-0.15, -0.1) is 11.3 Å². The van der Waals surface area contributed by atoms with Crippen LogP contribution in [0.15, 0.2) is 29.1 Å². The van der Waals surface area contributed by atoms with Gasteiger partial charge in [0.2, 0.25) is 0 Å². The van der Waals surface area contributed by atoms with Crippen LogP contribution in [-0.2, 0) is 16.1 Å². The number of nitriles is 1. The quantitative estimate of drug-likeness (QED) is 0.640. The lowest BCUT2D eigenvalue weighted by Crippen LogP contribution is -2.32. The molecule has 9 nitrogen and oxygen atoms in total. The van der Waals surface area contributed by atoms with E-state index >= 15 is 0 Å². The van der Waals surface area contributed by atoms with Gasteiger partial charge in [-0.2, -0.15) is 5.26 Å². The maximum Gasteiger partial charge on any atom is 0.351 e. The number of amides is 2. The van der Waals surface area contributed by atoms with Crippen LogP contribution in [0.25, 0.3) is 11.8 Å². The monoisotopic (exact) mass is 455 g/mol. The van der Waals surface area contributed by atoms with Crippen molar-refractivity contribution in [2.75, 3.05) is 30.3 Å². The SMILES string of the molecule is CCOC(=O)/C(C#N)=c1/s/c(=C/Nc2ccc(NC(=O)N3CCCC3)cc2)c(=O)n1CC. The van der Waals surface area contributed by atoms with Crippen molar-refractivity contribution in [3.05, 3.63) is 43.8 Å². The minimum Gasteiger partial charge on any atom is -0.462 e. The summed E-state index contributed by atoms with van der Waals surface area (Å²) in [6.45, 7) is 5.43. The second-order valence-electron chi connectivity index (χ2n) is 7.02. The number of carbonyl (C=O) groups excluding carboxylic acids is 2. The molecule has 1 saturated heterocycles. The Morgan fingerprint density at radius 2 is 1.84 bits per heavy atom. The number of carbonyl (C=O) groups is 2. The van der Waals surface area contributed by atoms with E-state index in [2.05, 4.69) is 10.6 Å². The molecule has 10 heteroatoms. The molecule has 0 aliphatic carbocycles. The van der Waals surface area contributed by atoms with Gasteiger partial charge >= 0.3 is 12.0 Å². The topological polar surface area (TPSA) is 116 Å². The zero-order valence-corrected chi connectivity index (χ0v) is 18.8. The van der Waals surface area contributed by atoms with Crippen LogP contribution in [0.1, 0.15) is 26.7 Å². The van der Waals surface area contributed by atoms with E-state index in [9.17, 15) is 19.6 Å². The highest BCUT2D eigenvalue weighted by Crippen LogP contribution is 2.15. The molecule has 1 aromatic carbocycles. The lowest BCUT2D eigenvalue weighted by atomic mass is 10.3. The Labute approximate surface area is 189 Å². The van der Waals surface area contributed by atoms with Crippen molar-refractivity contribution in [1.29, 1.82) is 5.26 Å². The Morgan fingerprint density at radius 1 is 1.19 bits per heavy atom. The molecule has 1 aromatic heterocycles. The number of ether oxygens (including phenoxy) is 1. The largest absolute Gasteiger partial charge is 0.462 e. The van der Waals surface area contributed by atoms with Gasteiger partial charge in [-0.3, -0.25) is 9.36 Å². The number of rotatable bonds is 6. The Hall–Kier alpha value is -3.58. The molecule has 0 radical (unpaired) electrons. The summed E-state index contributed by atoms with van der Waals surface area (Å²) in [5.41, 5.74) is 0.915.